The fourth-order valence-corrected chi connectivity index (χ4v) is 3.43. The zero-order valence-corrected chi connectivity index (χ0v) is 15.3. The molecule has 2 rings (SSSR count). The number of nitrogens with zero attached hydrogens (tertiary/aromatic N) is 2. The van der Waals surface area contributed by atoms with E-state index in [1.165, 1.54) is 0 Å². The second-order valence-electron chi connectivity index (χ2n) is 6.60. The minimum absolute atomic E-state index is 0.0457. The molecule has 1 saturated carbocycles. The van der Waals surface area contributed by atoms with E-state index >= 15 is 0 Å². The Kier molecular flexibility index (Phi) is 6.41. The summed E-state index contributed by atoms with van der Waals surface area (Å²) in [4.78, 5) is 25.1. The number of nitrogens with one attached hydrogen (secondary N) is 2. The van der Waals surface area contributed by atoms with E-state index in [1.54, 1.807) is 0 Å². The van der Waals surface area contributed by atoms with E-state index < -0.39 is 5.97 Å². The molecule has 3 N–H and O–H groups in total. The number of rotatable bonds is 8. The van der Waals surface area contributed by atoms with Crippen LogP contribution in [0.15, 0.2) is 4.52 Å². The molecule has 0 aromatic carbocycles. The maximum atomic E-state index is 12.3. The summed E-state index contributed by atoms with van der Waals surface area (Å²) in [5.41, 5.74) is 1.73. The van der Waals surface area contributed by atoms with Gasteiger partial charge in [0.15, 0.2) is 0 Å². The normalized spacial score (nSPS) is 20.8. The van der Waals surface area contributed by atoms with Crippen molar-refractivity contribution in [3.63, 3.8) is 0 Å². The minimum atomic E-state index is -0.818. The van der Waals surface area contributed by atoms with Crippen LogP contribution in [0.1, 0.15) is 56.2 Å². The molecule has 25 heavy (non-hydrogen) atoms. The number of amides is 2. The number of aliphatic carboxylic acids is 1. The smallest absolute Gasteiger partial charge is 0.317 e. The van der Waals surface area contributed by atoms with E-state index in [1.807, 2.05) is 32.6 Å². The molecule has 1 unspecified atom stereocenters. The molecule has 8 nitrogen and oxygen atoms in total. The van der Waals surface area contributed by atoms with Gasteiger partial charge in [-0.1, -0.05) is 19.0 Å². The third-order valence-corrected chi connectivity index (χ3v) is 4.86. The van der Waals surface area contributed by atoms with Gasteiger partial charge in [-0.05, 0) is 39.7 Å². The number of carboxylic acids is 1. The summed E-state index contributed by atoms with van der Waals surface area (Å²) in [6.45, 7) is 8.40. The van der Waals surface area contributed by atoms with E-state index in [9.17, 15) is 9.59 Å². The van der Waals surface area contributed by atoms with Crippen LogP contribution in [-0.2, 0) is 4.79 Å². The van der Waals surface area contributed by atoms with Gasteiger partial charge >= 0.3 is 12.0 Å². The van der Waals surface area contributed by atoms with Gasteiger partial charge in [-0.25, -0.2) is 4.79 Å². The van der Waals surface area contributed by atoms with Crippen molar-refractivity contribution < 1.29 is 19.2 Å². The van der Waals surface area contributed by atoms with E-state index in [4.69, 9.17) is 9.63 Å². The molecule has 2 amide bonds. The average Bonchev–Trinajstić information content (AvgIpc) is 2.85. The summed E-state index contributed by atoms with van der Waals surface area (Å²) in [6, 6.07) is -0.0520. The van der Waals surface area contributed by atoms with Gasteiger partial charge in [-0.15, -0.1) is 0 Å². The minimum Gasteiger partial charge on any atom is -0.480 e. The van der Waals surface area contributed by atoms with Crippen LogP contribution in [0.25, 0.3) is 0 Å². The first-order valence-corrected chi connectivity index (χ1v) is 8.81. The van der Waals surface area contributed by atoms with Crippen LogP contribution >= 0.6 is 0 Å². The number of carbonyl (C=O) groups excluding carboxylic acids is 1. The third kappa shape index (κ3) is 4.72. The fraction of sp³-hybridized carbons (Fsp3) is 0.706. The van der Waals surface area contributed by atoms with Crippen LogP contribution in [-0.4, -0.2) is 52.3 Å². The monoisotopic (exact) mass is 352 g/mol. The Labute approximate surface area is 147 Å². The lowest BCUT2D eigenvalue weighted by Crippen LogP contribution is -2.56. The number of hydrogen-bond acceptors (Lipinski definition) is 5. The summed E-state index contributed by atoms with van der Waals surface area (Å²) in [6.07, 6.45) is 2.29. The Morgan fingerprint density at radius 1 is 1.36 bits per heavy atom. The molecule has 1 heterocycles. The molecular weight excluding hydrogens is 324 g/mol. The Morgan fingerprint density at radius 2 is 2.04 bits per heavy atom. The first-order valence-electron chi connectivity index (χ1n) is 8.81. The van der Waals surface area contributed by atoms with Crippen LogP contribution in [0.5, 0.6) is 0 Å². The molecule has 1 aromatic rings. The van der Waals surface area contributed by atoms with E-state index in [0.29, 0.717) is 6.54 Å². The summed E-state index contributed by atoms with van der Waals surface area (Å²) in [5.74, 6) is -0.0955. The SMILES string of the molecule is CCC(NC(=O)NC1CC(N(CC)CC(=O)O)C1)c1c(C)noc1C. The zero-order valence-electron chi connectivity index (χ0n) is 15.3. The van der Waals surface area contributed by atoms with Crippen molar-refractivity contribution in [3.8, 4) is 0 Å². The molecule has 140 valence electrons. The van der Waals surface area contributed by atoms with Gasteiger partial charge in [0.05, 0.1) is 18.3 Å². The number of carboxylic acid groups (broad SMARTS) is 1. The van der Waals surface area contributed by atoms with Gasteiger partial charge in [0, 0.05) is 17.6 Å². The Balaban J connectivity index is 1.82. The van der Waals surface area contributed by atoms with E-state index in [-0.39, 0.29) is 30.7 Å². The van der Waals surface area contributed by atoms with Crippen LogP contribution in [0.2, 0.25) is 0 Å². The van der Waals surface area contributed by atoms with Crippen LogP contribution < -0.4 is 10.6 Å². The number of urea groups is 1. The largest absolute Gasteiger partial charge is 0.480 e. The van der Waals surface area contributed by atoms with Gasteiger partial charge in [0.2, 0.25) is 0 Å². The summed E-state index contributed by atoms with van der Waals surface area (Å²) >= 11 is 0. The second-order valence-corrected chi connectivity index (χ2v) is 6.60. The molecule has 1 atom stereocenters. The molecule has 8 heteroatoms. The van der Waals surface area contributed by atoms with E-state index in [2.05, 4.69) is 15.8 Å². The number of aryl methyl sites for hydroxylation is 2. The van der Waals surface area contributed by atoms with Crippen LogP contribution in [0.4, 0.5) is 4.79 Å². The number of aromatic nitrogens is 1. The van der Waals surface area contributed by atoms with E-state index in [0.717, 1.165) is 36.3 Å². The molecular formula is C17H28N4O4. The first kappa shape index (κ1) is 19.2. The van der Waals surface area contributed by atoms with Crippen LogP contribution in [0.3, 0.4) is 0 Å². The predicted molar refractivity (Wildman–Crippen MR) is 92.4 cm³/mol. The standard InChI is InChI=1S/C17H28N4O4/c1-5-14(16-10(3)20-25-11(16)4)19-17(24)18-12-7-13(8-12)21(6-2)9-15(22)23/h12-14H,5-9H2,1-4H3,(H,22,23)(H2,18,19,24). The number of likely N-dealkylation sites (N-methyl/N-ethyl adjacent to an activating group) is 1. The van der Waals surface area contributed by atoms with Crippen molar-refractivity contribution in [2.75, 3.05) is 13.1 Å². The van der Waals surface area contributed by atoms with Gasteiger partial charge in [0.1, 0.15) is 5.76 Å². The first-order chi connectivity index (χ1) is 11.8. The molecule has 0 aliphatic heterocycles. The molecule has 0 radical (unpaired) electrons. The van der Waals surface area contributed by atoms with Gasteiger partial charge in [0.25, 0.3) is 0 Å². The lowest BCUT2D eigenvalue weighted by Gasteiger charge is -2.42. The summed E-state index contributed by atoms with van der Waals surface area (Å²) in [5, 5.41) is 18.8. The lowest BCUT2D eigenvalue weighted by molar-refractivity contribution is -0.139. The second kappa shape index (κ2) is 8.33. The summed E-state index contributed by atoms with van der Waals surface area (Å²) in [7, 11) is 0. The van der Waals surface area contributed by atoms with Crippen molar-refractivity contribution >= 4 is 12.0 Å². The molecule has 1 aliphatic carbocycles. The molecule has 0 spiro atoms. The van der Waals surface area contributed by atoms with Crippen molar-refractivity contribution in [1.29, 1.82) is 0 Å². The van der Waals surface area contributed by atoms with Crippen molar-refractivity contribution in [2.45, 2.75) is 65.1 Å². The topological polar surface area (TPSA) is 108 Å². The maximum absolute atomic E-state index is 12.3. The zero-order chi connectivity index (χ0) is 18.6. The highest BCUT2D eigenvalue weighted by Gasteiger charge is 2.35. The third-order valence-electron chi connectivity index (χ3n) is 4.86. The van der Waals surface area contributed by atoms with Crippen LogP contribution in [0, 0.1) is 13.8 Å². The number of hydrogen-bond donors (Lipinski definition) is 3. The Bertz CT molecular complexity index is 590. The van der Waals surface area contributed by atoms with Crippen molar-refractivity contribution in [2.24, 2.45) is 0 Å². The molecule has 1 aromatic heterocycles. The quantitative estimate of drug-likeness (QED) is 0.660. The fourth-order valence-electron chi connectivity index (χ4n) is 3.43. The summed E-state index contributed by atoms with van der Waals surface area (Å²) < 4.78 is 5.18. The van der Waals surface area contributed by atoms with Gasteiger partial charge in [-0.2, -0.15) is 0 Å². The average molecular weight is 352 g/mol. The molecule has 0 bridgehead atoms. The van der Waals surface area contributed by atoms with Gasteiger partial charge in [-0.3, -0.25) is 9.69 Å². The molecule has 1 fully saturated rings. The number of carbonyl (C=O) groups is 2. The highest BCUT2D eigenvalue weighted by molar-refractivity contribution is 5.75. The van der Waals surface area contributed by atoms with Gasteiger partial charge < -0.3 is 20.3 Å². The lowest BCUT2D eigenvalue weighted by atomic mass is 9.85. The predicted octanol–water partition coefficient (Wildman–Crippen LogP) is 1.98. The Morgan fingerprint density at radius 3 is 2.52 bits per heavy atom. The van der Waals surface area contributed by atoms with Crippen molar-refractivity contribution in [3.05, 3.63) is 17.0 Å². The highest BCUT2D eigenvalue weighted by Crippen LogP contribution is 2.26. The Hall–Kier alpha value is -2.09. The molecule has 1 aliphatic rings. The van der Waals surface area contributed by atoms with Crippen molar-refractivity contribution in [1.82, 2.24) is 20.7 Å². The maximum Gasteiger partial charge on any atom is 0.317 e. The molecule has 0 saturated heterocycles. The highest BCUT2D eigenvalue weighted by atomic mass is 16.5.